The first-order chi connectivity index (χ1) is 12.5. The standard InChI is InChI=1S/C17H16F3N5O/c1-9(2)13(11-5-3-4-6-12(11)18)23-17-21-7-10(8-22-17)15-24-25-16(26-15)14(19)20/h3-9,13-14H,1-2H3,(H,21,22,23). The molecule has 0 spiro atoms. The molecule has 2 aromatic heterocycles. The molecule has 0 aliphatic heterocycles. The van der Waals surface area contributed by atoms with Gasteiger partial charge in [0.15, 0.2) is 0 Å². The second kappa shape index (κ2) is 7.51. The number of nitrogens with zero attached hydrogens (tertiary/aromatic N) is 4. The van der Waals surface area contributed by atoms with E-state index >= 15 is 0 Å². The van der Waals surface area contributed by atoms with Gasteiger partial charge in [-0.3, -0.25) is 0 Å². The van der Waals surface area contributed by atoms with Gasteiger partial charge in [0.25, 0.3) is 11.8 Å². The van der Waals surface area contributed by atoms with Crippen LogP contribution >= 0.6 is 0 Å². The van der Waals surface area contributed by atoms with Crippen LogP contribution in [-0.2, 0) is 0 Å². The molecule has 0 saturated carbocycles. The number of rotatable bonds is 6. The van der Waals surface area contributed by atoms with E-state index in [1.54, 1.807) is 18.2 Å². The maximum absolute atomic E-state index is 14.1. The summed E-state index contributed by atoms with van der Waals surface area (Å²) in [4.78, 5) is 8.25. The Hall–Kier alpha value is -2.97. The smallest absolute Gasteiger partial charge is 0.314 e. The summed E-state index contributed by atoms with van der Waals surface area (Å²) >= 11 is 0. The van der Waals surface area contributed by atoms with Crippen LogP contribution in [0.3, 0.4) is 0 Å². The van der Waals surface area contributed by atoms with E-state index in [2.05, 4.69) is 25.5 Å². The van der Waals surface area contributed by atoms with E-state index in [0.717, 1.165) is 0 Å². The average molecular weight is 363 g/mol. The lowest BCUT2D eigenvalue weighted by molar-refractivity contribution is 0.116. The van der Waals surface area contributed by atoms with Crippen molar-refractivity contribution in [2.45, 2.75) is 26.3 Å². The van der Waals surface area contributed by atoms with Crippen LogP contribution in [0.2, 0.25) is 0 Å². The molecular weight excluding hydrogens is 347 g/mol. The number of alkyl halides is 2. The molecule has 3 aromatic rings. The van der Waals surface area contributed by atoms with Crippen molar-refractivity contribution in [3.63, 3.8) is 0 Å². The number of hydrogen-bond donors (Lipinski definition) is 1. The fourth-order valence-corrected chi connectivity index (χ4v) is 2.42. The zero-order chi connectivity index (χ0) is 18.7. The van der Waals surface area contributed by atoms with Crippen LogP contribution in [-0.4, -0.2) is 20.2 Å². The van der Waals surface area contributed by atoms with Crippen LogP contribution in [0, 0.1) is 11.7 Å². The molecule has 1 aromatic carbocycles. The maximum atomic E-state index is 14.1. The highest BCUT2D eigenvalue weighted by Gasteiger charge is 2.21. The van der Waals surface area contributed by atoms with Gasteiger partial charge in [-0.05, 0) is 12.0 Å². The van der Waals surface area contributed by atoms with Crippen LogP contribution < -0.4 is 5.32 Å². The van der Waals surface area contributed by atoms with Gasteiger partial charge in [0, 0.05) is 18.0 Å². The first kappa shape index (κ1) is 17.8. The maximum Gasteiger partial charge on any atom is 0.314 e. The van der Waals surface area contributed by atoms with Gasteiger partial charge in [-0.2, -0.15) is 8.78 Å². The lowest BCUT2D eigenvalue weighted by atomic mass is 9.96. The van der Waals surface area contributed by atoms with Gasteiger partial charge in [-0.1, -0.05) is 32.0 Å². The Kier molecular flexibility index (Phi) is 5.15. The van der Waals surface area contributed by atoms with Crippen LogP contribution in [0.15, 0.2) is 41.1 Å². The lowest BCUT2D eigenvalue weighted by Crippen LogP contribution is -2.19. The Bertz CT molecular complexity index is 867. The fraction of sp³-hybridized carbons (Fsp3) is 0.294. The zero-order valence-electron chi connectivity index (χ0n) is 14.0. The minimum absolute atomic E-state index is 0.0692. The summed E-state index contributed by atoms with van der Waals surface area (Å²) in [5, 5.41) is 9.88. The Morgan fingerprint density at radius 1 is 1.04 bits per heavy atom. The molecule has 3 rings (SSSR count). The third-order valence-electron chi connectivity index (χ3n) is 3.72. The molecule has 136 valence electrons. The molecule has 0 fully saturated rings. The molecule has 0 saturated heterocycles. The van der Waals surface area contributed by atoms with Crippen LogP contribution in [0.5, 0.6) is 0 Å². The molecule has 0 aliphatic carbocycles. The zero-order valence-corrected chi connectivity index (χ0v) is 14.0. The number of halogens is 3. The van der Waals surface area contributed by atoms with E-state index in [-0.39, 0.29) is 29.6 Å². The molecule has 9 heteroatoms. The van der Waals surface area contributed by atoms with Crippen molar-refractivity contribution in [1.29, 1.82) is 0 Å². The summed E-state index contributed by atoms with van der Waals surface area (Å²) in [5.74, 6) is -0.840. The average Bonchev–Trinajstić information content (AvgIpc) is 3.11. The van der Waals surface area contributed by atoms with Gasteiger partial charge in [-0.25, -0.2) is 14.4 Å². The van der Waals surface area contributed by atoms with Crippen molar-refractivity contribution < 1.29 is 17.6 Å². The SMILES string of the molecule is CC(C)C(Nc1ncc(-c2nnc(C(F)F)o2)cn1)c1ccccc1F. The van der Waals surface area contributed by atoms with Gasteiger partial charge >= 0.3 is 6.43 Å². The van der Waals surface area contributed by atoms with E-state index in [0.29, 0.717) is 11.1 Å². The largest absolute Gasteiger partial charge is 0.415 e. The lowest BCUT2D eigenvalue weighted by Gasteiger charge is -2.23. The fourth-order valence-electron chi connectivity index (χ4n) is 2.42. The number of hydrogen-bond acceptors (Lipinski definition) is 6. The Labute approximate surface area is 147 Å². The monoisotopic (exact) mass is 363 g/mol. The quantitative estimate of drug-likeness (QED) is 0.699. The van der Waals surface area contributed by atoms with Crippen LogP contribution in [0.25, 0.3) is 11.5 Å². The van der Waals surface area contributed by atoms with E-state index < -0.39 is 12.3 Å². The molecule has 0 radical (unpaired) electrons. The first-order valence-electron chi connectivity index (χ1n) is 7.90. The normalized spacial score (nSPS) is 12.6. The van der Waals surface area contributed by atoms with Crippen molar-refractivity contribution in [2.75, 3.05) is 5.32 Å². The van der Waals surface area contributed by atoms with Crippen molar-refractivity contribution in [1.82, 2.24) is 20.2 Å². The first-order valence-corrected chi connectivity index (χ1v) is 7.90. The molecule has 0 aliphatic rings. The number of anilines is 1. The third-order valence-corrected chi connectivity index (χ3v) is 3.72. The second-order valence-electron chi connectivity index (χ2n) is 5.93. The Balaban J connectivity index is 1.80. The van der Waals surface area contributed by atoms with E-state index in [4.69, 9.17) is 4.42 Å². The summed E-state index contributed by atoms with van der Waals surface area (Å²) in [6.07, 6.45) is -0.0982. The molecule has 0 bridgehead atoms. The summed E-state index contributed by atoms with van der Waals surface area (Å²) in [6.45, 7) is 3.89. The second-order valence-corrected chi connectivity index (χ2v) is 5.93. The third kappa shape index (κ3) is 3.81. The Morgan fingerprint density at radius 2 is 1.73 bits per heavy atom. The molecule has 1 atom stereocenters. The highest BCUT2D eigenvalue weighted by Crippen LogP contribution is 2.28. The minimum Gasteiger partial charge on any atom is -0.415 e. The summed E-state index contributed by atoms with van der Waals surface area (Å²) in [5.41, 5.74) is 0.815. The van der Waals surface area contributed by atoms with Gasteiger partial charge in [0.05, 0.1) is 11.6 Å². The molecule has 1 unspecified atom stereocenters. The highest BCUT2D eigenvalue weighted by atomic mass is 19.3. The van der Waals surface area contributed by atoms with Crippen LogP contribution in [0.1, 0.15) is 37.8 Å². The predicted molar refractivity (Wildman–Crippen MR) is 87.9 cm³/mol. The molecule has 2 heterocycles. The summed E-state index contributed by atoms with van der Waals surface area (Å²) in [7, 11) is 0. The van der Waals surface area contributed by atoms with E-state index in [9.17, 15) is 13.2 Å². The number of benzene rings is 1. The Morgan fingerprint density at radius 3 is 2.31 bits per heavy atom. The molecular formula is C17H16F3N5O. The van der Waals surface area contributed by atoms with Crippen molar-refractivity contribution in [2.24, 2.45) is 5.92 Å². The van der Waals surface area contributed by atoms with Gasteiger partial charge < -0.3 is 9.73 Å². The predicted octanol–water partition coefficient (Wildman–Crippen LogP) is 4.41. The summed E-state index contributed by atoms with van der Waals surface area (Å²) in [6, 6.07) is 6.14. The van der Waals surface area contributed by atoms with E-state index in [1.807, 2.05) is 13.8 Å². The molecule has 1 N–H and O–H groups in total. The van der Waals surface area contributed by atoms with Crippen molar-refractivity contribution >= 4 is 5.95 Å². The molecule has 6 nitrogen and oxygen atoms in total. The topological polar surface area (TPSA) is 76.7 Å². The number of aromatic nitrogens is 4. The van der Waals surface area contributed by atoms with Gasteiger partial charge in [0.1, 0.15) is 5.82 Å². The number of nitrogens with one attached hydrogen (secondary N) is 1. The minimum atomic E-state index is -2.84. The van der Waals surface area contributed by atoms with Crippen LogP contribution in [0.4, 0.5) is 19.1 Å². The van der Waals surface area contributed by atoms with Gasteiger partial charge in [0.2, 0.25) is 5.95 Å². The molecule has 0 amide bonds. The van der Waals surface area contributed by atoms with Crippen molar-refractivity contribution in [3.05, 3.63) is 53.9 Å². The van der Waals surface area contributed by atoms with Gasteiger partial charge in [-0.15, -0.1) is 10.2 Å². The van der Waals surface area contributed by atoms with E-state index in [1.165, 1.54) is 18.5 Å². The van der Waals surface area contributed by atoms with Crippen molar-refractivity contribution in [3.8, 4) is 11.5 Å². The highest BCUT2D eigenvalue weighted by molar-refractivity contribution is 5.50. The summed E-state index contributed by atoms with van der Waals surface area (Å²) < 4.78 is 43.9. The molecule has 26 heavy (non-hydrogen) atoms.